The fraction of sp³-hybridized carbons (Fsp3) is 0.300. The van der Waals surface area contributed by atoms with Gasteiger partial charge < -0.3 is 14.8 Å². The molecule has 1 N–H and O–H groups in total. The van der Waals surface area contributed by atoms with Crippen molar-refractivity contribution in [3.63, 3.8) is 0 Å². The summed E-state index contributed by atoms with van der Waals surface area (Å²) in [6.07, 6.45) is 0. The van der Waals surface area contributed by atoms with E-state index in [-0.39, 0.29) is 18.3 Å². The van der Waals surface area contributed by atoms with Crippen LogP contribution in [0.2, 0.25) is 0 Å². The molecule has 1 amide bonds. The number of esters is 1. The van der Waals surface area contributed by atoms with E-state index in [0.717, 1.165) is 21.8 Å². The van der Waals surface area contributed by atoms with Gasteiger partial charge in [-0.05, 0) is 49.2 Å². The average Bonchev–Trinajstić information content (AvgIpc) is 2.65. The zero-order valence-corrected chi connectivity index (χ0v) is 15.8. The van der Waals surface area contributed by atoms with Gasteiger partial charge in [0.25, 0.3) is 5.91 Å². The Bertz CT molecular complexity index is 731. The number of carbonyl (C=O) groups excluding carboxylic acids is 2. The Kier molecular flexibility index (Phi) is 8.02. The number of hydrogen-bond donors (Lipinski definition) is 1. The van der Waals surface area contributed by atoms with Gasteiger partial charge in [0, 0.05) is 11.4 Å². The van der Waals surface area contributed by atoms with Gasteiger partial charge in [-0.1, -0.05) is 24.3 Å². The molecule has 0 atom stereocenters. The number of ether oxygens (including phenoxy) is 2. The van der Waals surface area contributed by atoms with Crippen LogP contribution in [0.1, 0.15) is 18.1 Å². The Labute approximate surface area is 158 Å². The molecule has 0 radical (unpaired) electrons. The van der Waals surface area contributed by atoms with E-state index in [0.29, 0.717) is 13.2 Å². The second-order valence-corrected chi connectivity index (χ2v) is 6.61. The monoisotopic (exact) mass is 373 g/mol. The number of carbonyl (C=O) groups is 2. The first-order valence-electron chi connectivity index (χ1n) is 8.41. The van der Waals surface area contributed by atoms with Gasteiger partial charge in [0.1, 0.15) is 5.75 Å². The van der Waals surface area contributed by atoms with E-state index in [4.69, 9.17) is 9.47 Å². The van der Waals surface area contributed by atoms with Gasteiger partial charge in [0.15, 0.2) is 6.61 Å². The summed E-state index contributed by atoms with van der Waals surface area (Å²) in [4.78, 5) is 24.5. The van der Waals surface area contributed by atoms with Gasteiger partial charge >= 0.3 is 5.97 Å². The molecule has 0 aliphatic carbocycles. The van der Waals surface area contributed by atoms with E-state index >= 15 is 0 Å². The van der Waals surface area contributed by atoms with E-state index in [2.05, 4.69) is 5.32 Å². The smallest absolute Gasteiger partial charge is 0.316 e. The van der Waals surface area contributed by atoms with E-state index in [1.165, 1.54) is 11.8 Å². The summed E-state index contributed by atoms with van der Waals surface area (Å²) >= 11 is 1.36. The lowest BCUT2D eigenvalue weighted by Crippen LogP contribution is -2.28. The minimum Gasteiger partial charge on any atom is -0.494 e. The van der Waals surface area contributed by atoms with Crippen molar-refractivity contribution < 1.29 is 19.1 Å². The largest absolute Gasteiger partial charge is 0.494 e. The molecule has 0 fully saturated rings. The Morgan fingerprint density at radius 3 is 2.50 bits per heavy atom. The van der Waals surface area contributed by atoms with Crippen LogP contribution in [0.5, 0.6) is 5.75 Å². The van der Waals surface area contributed by atoms with Gasteiger partial charge in [-0.2, -0.15) is 0 Å². The average molecular weight is 373 g/mol. The van der Waals surface area contributed by atoms with Gasteiger partial charge in [0.2, 0.25) is 0 Å². The lowest BCUT2D eigenvalue weighted by Gasteiger charge is -2.08. The van der Waals surface area contributed by atoms with Crippen LogP contribution in [0.3, 0.4) is 0 Å². The minimum atomic E-state index is -0.421. The second-order valence-electron chi connectivity index (χ2n) is 5.56. The zero-order valence-electron chi connectivity index (χ0n) is 15.0. The molecule has 0 unspecified atom stereocenters. The molecule has 0 spiro atoms. The summed E-state index contributed by atoms with van der Waals surface area (Å²) in [5, 5.41) is 2.75. The number of thioether (sulfide) groups is 1. The van der Waals surface area contributed by atoms with E-state index < -0.39 is 5.97 Å². The molecule has 0 bridgehead atoms. The maximum atomic E-state index is 11.8. The molecule has 0 aliphatic heterocycles. The van der Waals surface area contributed by atoms with Crippen LogP contribution in [0.4, 0.5) is 0 Å². The highest BCUT2D eigenvalue weighted by Crippen LogP contribution is 2.21. The number of amides is 1. The summed E-state index contributed by atoms with van der Waals surface area (Å²) < 4.78 is 10.4. The molecule has 2 aromatic rings. The summed E-state index contributed by atoms with van der Waals surface area (Å²) in [6.45, 7) is 4.68. The van der Waals surface area contributed by atoms with Crippen LogP contribution in [0.25, 0.3) is 0 Å². The van der Waals surface area contributed by atoms with Gasteiger partial charge in [0.05, 0.1) is 12.4 Å². The third-order valence-electron chi connectivity index (χ3n) is 3.59. The van der Waals surface area contributed by atoms with Crippen LogP contribution in [-0.4, -0.2) is 30.8 Å². The molecular weight excluding hydrogens is 350 g/mol. The van der Waals surface area contributed by atoms with Crippen molar-refractivity contribution in [1.29, 1.82) is 0 Å². The minimum absolute atomic E-state index is 0.152. The highest BCUT2D eigenvalue weighted by molar-refractivity contribution is 8.00. The topological polar surface area (TPSA) is 64.6 Å². The van der Waals surface area contributed by atoms with Crippen molar-refractivity contribution in [2.75, 3.05) is 19.0 Å². The lowest BCUT2D eigenvalue weighted by molar-refractivity contribution is -0.145. The van der Waals surface area contributed by atoms with Gasteiger partial charge in [-0.15, -0.1) is 11.8 Å². The molecule has 0 saturated heterocycles. The number of hydrogen-bond acceptors (Lipinski definition) is 5. The first-order valence-corrected chi connectivity index (χ1v) is 9.39. The van der Waals surface area contributed by atoms with Crippen molar-refractivity contribution >= 4 is 23.6 Å². The highest BCUT2D eigenvalue weighted by Gasteiger charge is 2.09. The fourth-order valence-electron chi connectivity index (χ4n) is 2.18. The molecule has 0 saturated carbocycles. The number of rotatable bonds is 9. The molecule has 2 rings (SSSR count). The number of benzene rings is 2. The summed E-state index contributed by atoms with van der Waals surface area (Å²) in [5.41, 5.74) is 2.15. The Morgan fingerprint density at radius 2 is 1.81 bits per heavy atom. The van der Waals surface area contributed by atoms with E-state index in [9.17, 15) is 9.59 Å². The standard InChI is InChI=1S/C20H23NO4S/c1-3-24-17-8-10-18(11-9-17)26-14-20(23)25-13-19(22)21-12-16-7-5-4-6-15(16)2/h4-11H,3,12-14H2,1-2H3,(H,21,22). The molecule has 5 nitrogen and oxygen atoms in total. The predicted molar refractivity (Wildman–Crippen MR) is 102 cm³/mol. The molecule has 0 aromatic heterocycles. The quantitative estimate of drug-likeness (QED) is 0.539. The third kappa shape index (κ3) is 6.80. The van der Waals surface area contributed by atoms with Crippen molar-refractivity contribution in [3.8, 4) is 5.75 Å². The molecule has 138 valence electrons. The first-order chi connectivity index (χ1) is 12.6. The summed E-state index contributed by atoms with van der Waals surface area (Å²) in [5.74, 6) is 0.214. The lowest BCUT2D eigenvalue weighted by atomic mass is 10.1. The molecule has 0 aliphatic rings. The van der Waals surface area contributed by atoms with Gasteiger partial charge in [-0.25, -0.2) is 0 Å². The van der Waals surface area contributed by atoms with Crippen LogP contribution >= 0.6 is 11.8 Å². The van der Waals surface area contributed by atoms with Crippen molar-refractivity contribution in [2.24, 2.45) is 0 Å². The molecular formula is C20H23NO4S. The van der Waals surface area contributed by atoms with Crippen molar-refractivity contribution in [3.05, 3.63) is 59.7 Å². The molecule has 26 heavy (non-hydrogen) atoms. The fourth-order valence-corrected chi connectivity index (χ4v) is 2.88. The Morgan fingerprint density at radius 1 is 1.08 bits per heavy atom. The van der Waals surface area contributed by atoms with E-state index in [1.807, 2.05) is 62.4 Å². The third-order valence-corrected chi connectivity index (χ3v) is 4.58. The summed E-state index contributed by atoms with van der Waals surface area (Å²) in [7, 11) is 0. The Balaban J connectivity index is 1.66. The maximum Gasteiger partial charge on any atom is 0.316 e. The predicted octanol–water partition coefficient (Wildman–Crippen LogP) is 3.35. The normalized spacial score (nSPS) is 10.2. The zero-order chi connectivity index (χ0) is 18.8. The van der Waals surface area contributed by atoms with Crippen molar-refractivity contribution in [1.82, 2.24) is 5.32 Å². The van der Waals surface area contributed by atoms with Crippen molar-refractivity contribution in [2.45, 2.75) is 25.3 Å². The summed E-state index contributed by atoms with van der Waals surface area (Å²) in [6, 6.07) is 15.3. The molecule has 2 aromatic carbocycles. The molecule has 0 heterocycles. The Hall–Kier alpha value is -2.47. The molecule has 6 heteroatoms. The maximum absolute atomic E-state index is 11.8. The highest BCUT2D eigenvalue weighted by atomic mass is 32.2. The second kappa shape index (κ2) is 10.5. The number of aryl methyl sites for hydroxylation is 1. The van der Waals surface area contributed by atoms with Crippen LogP contribution < -0.4 is 10.1 Å². The van der Waals surface area contributed by atoms with E-state index in [1.54, 1.807) is 0 Å². The van der Waals surface area contributed by atoms with Crippen LogP contribution in [0.15, 0.2) is 53.4 Å². The number of nitrogens with one attached hydrogen (secondary N) is 1. The van der Waals surface area contributed by atoms with Crippen LogP contribution in [0, 0.1) is 6.92 Å². The van der Waals surface area contributed by atoms with Crippen LogP contribution in [-0.2, 0) is 20.9 Å². The first kappa shape index (κ1) is 19.8. The van der Waals surface area contributed by atoms with Gasteiger partial charge in [-0.3, -0.25) is 9.59 Å². The SMILES string of the molecule is CCOc1ccc(SCC(=O)OCC(=O)NCc2ccccc2C)cc1.